The van der Waals surface area contributed by atoms with Gasteiger partial charge >= 0.3 is 6.18 Å². The van der Waals surface area contributed by atoms with Crippen LogP contribution in [0, 0.1) is 17.7 Å². The van der Waals surface area contributed by atoms with Gasteiger partial charge in [0.2, 0.25) is 0 Å². The van der Waals surface area contributed by atoms with Gasteiger partial charge in [0.15, 0.2) is 5.78 Å². The Bertz CT molecular complexity index is 1360. The van der Waals surface area contributed by atoms with Crippen molar-refractivity contribution in [2.75, 3.05) is 0 Å². The lowest BCUT2D eigenvalue weighted by atomic mass is 9.75. The first kappa shape index (κ1) is 28.1. The number of hydrogen-bond acceptors (Lipinski definition) is 1. The molecule has 0 amide bonds. The minimum atomic E-state index is -4.55. The Morgan fingerprint density at radius 1 is 0.900 bits per heavy atom. The van der Waals surface area contributed by atoms with E-state index in [0.29, 0.717) is 36.8 Å². The number of Topliss-reactive ketones (excluding diaryl/α,β-unsaturated/α-hetero) is 1. The van der Waals surface area contributed by atoms with Gasteiger partial charge in [0, 0.05) is 12.3 Å². The molecule has 2 atom stereocenters. The maximum atomic E-state index is 14.3. The molecule has 0 aliphatic heterocycles. The van der Waals surface area contributed by atoms with Gasteiger partial charge in [-0.25, -0.2) is 4.39 Å². The predicted octanol–water partition coefficient (Wildman–Crippen LogP) is 9.63. The monoisotopic (exact) mass is 546 g/mol. The molecule has 0 bridgehead atoms. The molecule has 0 saturated carbocycles. The van der Waals surface area contributed by atoms with Gasteiger partial charge in [0.05, 0.1) is 5.56 Å². The van der Waals surface area contributed by atoms with Crippen LogP contribution >= 0.6 is 0 Å². The fourth-order valence-electron chi connectivity index (χ4n) is 6.49. The summed E-state index contributed by atoms with van der Waals surface area (Å²) < 4.78 is 52.9. The van der Waals surface area contributed by atoms with Gasteiger partial charge in [0.1, 0.15) is 5.82 Å². The second-order valence-electron chi connectivity index (χ2n) is 11.2. The van der Waals surface area contributed by atoms with E-state index in [4.69, 9.17) is 0 Å². The van der Waals surface area contributed by atoms with Crippen molar-refractivity contribution < 1.29 is 22.4 Å². The molecule has 3 aromatic carbocycles. The highest BCUT2D eigenvalue weighted by atomic mass is 19.4. The molecule has 0 spiro atoms. The van der Waals surface area contributed by atoms with Crippen molar-refractivity contribution in [2.24, 2.45) is 11.8 Å². The van der Waals surface area contributed by atoms with E-state index in [1.807, 2.05) is 36.4 Å². The third-order valence-corrected chi connectivity index (χ3v) is 8.59. The van der Waals surface area contributed by atoms with Crippen molar-refractivity contribution in [3.63, 3.8) is 0 Å². The Balaban J connectivity index is 1.29. The normalized spacial score (nSPS) is 19.9. The minimum Gasteiger partial charge on any atom is -0.295 e. The highest BCUT2D eigenvalue weighted by Gasteiger charge is 2.34. The Morgan fingerprint density at radius 2 is 1.55 bits per heavy atom. The van der Waals surface area contributed by atoms with Crippen molar-refractivity contribution in [1.29, 1.82) is 0 Å². The first-order valence-corrected chi connectivity index (χ1v) is 14.1. The number of benzene rings is 3. The molecular formula is C35H34F4O. The summed E-state index contributed by atoms with van der Waals surface area (Å²) in [7, 11) is 0. The van der Waals surface area contributed by atoms with Crippen LogP contribution in [0.5, 0.6) is 0 Å². The Labute approximate surface area is 233 Å². The minimum absolute atomic E-state index is 0.0593. The van der Waals surface area contributed by atoms with E-state index >= 15 is 0 Å². The first-order valence-electron chi connectivity index (χ1n) is 14.1. The van der Waals surface area contributed by atoms with Crippen molar-refractivity contribution in [2.45, 2.75) is 64.0 Å². The van der Waals surface area contributed by atoms with Crippen molar-refractivity contribution in [1.82, 2.24) is 0 Å². The van der Waals surface area contributed by atoms with Crippen LogP contribution in [0.3, 0.4) is 0 Å². The van der Waals surface area contributed by atoms with Crippen LogP contribution in [-0.2, 0) is 17.4 Å². The van der Waals surface area contributed by atoms with E-state index in [1.54, 1.807) is 0 Å². The van der Waals surface area contributed by atoms with Crippen molar-refractivity contribution >= 4 is 5.78 Å². The number of hydrogen-bond donors (Lipinski definition) is 0. The summed E-state index contributed by atoms with van der Waals surface area (Å²) in [5.74, 6) is -0.0601. The Morgan fingerprint density at radius 3 is 2.15 bits per heavy atom. The first-order chi connectivity index (χ1) is 19.2. The van der Waals surface area contributed by atoms with Gasteiger partial charge in [-0.2, -0.15) is 13.2 Å². The van der Waals surface area contributed by atoms with Crippen LogP contribution in [0.4, 0.5) is 17.6 Å². The Kier molecular flexibility index (Phi) is 8.39. The van der Waals surface area contributed by atoms with Crippen molar-refractivity contribution in [3.05, 3.63) is 130 Å². The van der Waals surface area contributed by atoms with Gasteiger partial charge in [-0.3, -0.25) is 4.79 Å². The molecule has 0 fully saturated rings. The number of carbonyl (C=O) groups is 1. The molecule has 5 rings (SSSR count). The second-order valence-corrected chi connectivity index (χ2v) is 11.2. The number of ketones is 1. The summed E-state index contributed by atoms with van der Waals surface area (Å²) in [6, 6.07) is 23.6. The molecule has 2 aliphatic carbocycles. The van der Waals surface area contributed by atoms with Gasteiger partial charge in [0.25, 0.3) is 0 Å². The fourth-order valence-corrected chi connectivity index (χ4v) is 6.49. The van der Waals surface area contributed by atoms with Gasteiger partial charge in [-0.1, -0.05) is 78.4 Å². The van der Waals surface area contributed by atoms with E-state index in [-0.39, 0.29) is 17.6 Å². The van der Waals surface area contributed by atoms with Gasteiger partial charge < -0.3 is 0 Å². The third-order valence-electron chi connectivity index (χ3n) is 8.59. The largest absolute Gasteiger partial charge is 0.416 e. The van der Waals surface area contributed by atoms with Gasteiger partial charge in [-0.15, -0.1) is 0 Å². The predicted molar refractivity (Wildman–Crippen MR) is 150 cm³/mol. The maximum Gasteiger partial charge on any atom is 0.416 e. The highest BCUT2D eigenvalue weighted by Crippen LogP contribution is 2.44. The molecule has 1 nitrogen and oxygen atoms in total. The highest BCUT2D eigenvalue weighted by molar-refractivity contribution is 5.97. The summed E-state index contributed by atoms with van der Waals surface area (Å²) in [4.78, 5) is 13.6. The molecule has 40 heavy (non-hydrogen) atoms. The van der Waals surface area contributed by atoms with Crippen molar-refractivity contribution in [3.8, 4) is 0 Å². The lowest BCUT2D eigenvalue weighted by Gasteiger charge is -2.28. The molecule has 0 heterocycles. The topological polar surface area (TPSA) is 17.1 Å². The number of halogens is 4. The summed E-state index contributed by atoms with van der Waals surface area (Å²) in [5.41, 5.74) is 5.05. The van der Waals surface area contributed by atoms with E-state index in [0.717, 1.165) is 42.9 Å². The number of carbonyl (C=O) groups excluding carboxylic acids is 1. The molecule has 0 aromatic heterocycles. The summed E-state index contributed by atoms with van der Waals surface area (Å²) in [6.45, 7) is 2.14. The average molecular weight is 547 g/mol. The molecule has 0 saturated heterocycles. The maximum absolute atomic E-state index is 14.3. The van der Waals surface area contributed by atoms with Crippen LogP contribution in [0.1, 0.15) is 73.6 Å². The van der Waals surface area contributed by atoms with E-state index in [1.165, 1.54) is 22.8 Å². The zero-order valence-electron chi connectivity index (χ0n) is 22.7. The number of rotatable bonds is 7. The SMILES string of the molecule is CC1=CC2=C(CCC(CCCc3ccc(C(F)(F)F)cc3F)C2)C(=O)CC1C(c1ccccc1)c1ccccc1. The quantitative estimate of drug-likeness (QED) is 0.270. The van der Waals surface area contributed by atoms with Crippen LogP contribution < -0.4 is 0 Å². The smallest absolute Gasteiger partial charge is 0.295 e. The van der Waals surface area contributed by atoms with E-state index in [2.05, 4.69) is 37.3 Å². The molecule has 0 N–H and O–H groups in total. The lowest BCUT2D eigenvalue weighted by molar-refractivity contribution is -0.137. The molecule has 3 aromatic rings. The standard InChI is InChI=1S/C35H34F4O/c1-23-19-28-20-24(9-8-14-25-16-17-29(21-32(25)36)35(37,38)39)15-18-30(28)33(40)22-31(23)34(26-10-4-2-5-11-26)27-12-6-3-7-13-27/h2-7,10-13,16-17,19,21,24,31,34H,8-9,14-15,18,20,22H2,1H3. The van der Waals surface area contributed by atoms with Crippen LogP contribution in [0.2, 0.25) is 0 Å². The lowest BCUT2D eigenvalue weighted by Crippen LogP contribution is -2.20. The summed E-state index contributed by atoms with van der Waals surface area (Å²) >= 11 is 0. The van der Waals surface area contributed by atoms with Crippen LogP contribution in [0.15, 0.2) is 102 Å². The van der Waals surface area contributed by atoms with Crippen LogP contribution in [0.25, 0.3) is 0 Å². The second kappa shape index (κ2) is 12.0. The zero-order chi connectivity index (χ0) is 28.3. The number of aryl methyl sites for hydroxylation is 1. The summed E-state index contributed by atoms with van der Waals surface area (Å²) in [6.07, 6.45) is 2.57. The third kappa shape index (κ3) is 6.29. The van der Waals surface area contributed by atoms with Gasteiger partial charge in [-0.05, 0) is 97.3 Å². The average Bonchev–Trinajstić information content (AvgIpc) is 3.05. The zero-order valence-corrected chi connectivity index (χ0v) is 22.7. The molecular weight excluding hydrogens is 512 g/mol. The molecule has 5 heteroatoms. The Hall–Kier alpha value is -3.47. The molecule has 0 radical (unpaired) electrons. The summed E-state index contributed by atoms with van der Waals surface area (Å²) in [5, 5.41) is 0. The van der Waals surface area contributed by atoms with Crippen LogP contribution in [-0.4, -0.2) is 5.78 Å². The van der Waals surface area contributed by atoms with E-state index in [9.17, 15) is 22.4 Å². The molecule has 2 unspecified atom stereocenters. The molecule has 208 valence electrons. The number of alkyl halides is 3. The molecule has 2 aliphatic rings. The fraction of sp³-hybridized carbons (Fsp3) is 0.343. The van der Waals surface area contributed by atoms with E-state index < -0.39 is 17.6 Å². The number of allylic oxidation sites excluding steroid dienone is 4.